The summed E-state index contributed by atoms with van der Waals surface area (Å²) in [6.45, 7) is 0. The predicted octanol–water partition coefficient (Wildman–Crippen LogP) is 4.32. The Labute approximate surface area is 146 Å². The molecule has 0 bridgehead atoms. The molecule has 0 saturated heterocycles. The first-order valence-electron chi connectivity index (χ1n) is 8.24. The molecule has 0 aromatic heterocycles. The van der Waals surface area contributed by atoms with Gasteiger partial charge in [0.25, 0.3) is 5.72 Å². The zero-order valence-corrected chi connectivity index (χ0v) is 13.6. The van der Waals surface area contributed by atoms with Crippen molar-refractivity contribution in [1.29, 1.82) is 0 Å². The number of carbonyl (C=O) groups is 1. The van der Waals surface area contributed by atoms with Crippen molar-refractivity contribution in [3.63, 3.8) is 0 Å². The summed E-state index contributed by atoms with van der Waals surface area (Å²) in [6.07, 6.45) is 2.11. The van der Waals surface area contributed by atoms with Gasteiger partial charge in [-0.25, -0.2) is 4.99 Å². The highest BCUT2D eigenvalue weighted by atomic mass is 16.5. The molecule has 0 N–H and O–H groups in total. The average molecular weight is 327 g/mol. The molecule has 0 radical (unpaired) electrons. The molecular weight excluding hydrogens is 310 g/mol. The maximum absolute atomic E-state index is 13.1. The minimum absolute atomic E-state index is 0.0980. The van der Waals surface area contributed by atoms with E-state index in [4.69, 9.17) is 4.74 Å². The van der Waals surface area contributed by atoms with Crippen LogP contribution in [0, 0.1) is 0 Å². The maximum atomic E-state index is 13.1. The Morgan fingerprint density at radius 3 is 2.20 bits per heavy atom. The Bertz CT molecular complexity index is 919. The van der Waals surface area contributed by atoms with Crippen molar-refractivity contribution < 1.29 is 9.53 Å². The van der Waals surface area contributed by atoms with Crippen LogP contribution in [0.2, 0.25) is 0 Å². The Hall–Kier alpha value is -3.20. The molecule has 0 amide bonds. The molecule has 1 aliphatic heterocycles. The zero-order chi connectivity index (χ0) is 17.1. The smallest absolute Gasteiger partial charge is 0.267 e. The van der Waals surface area contributed by atoms with Crippen molar-refractivity contribution in [2.75, 3.05) is 0 Å². The van der Waals surface area contributed by atoms with Crippen molar-refractivity contribution in [3.8, 4) is 5.75 Å². The minimum atomic E-state index is -1.25. The lowest BCUT2D eigenvalue weighted by molar-refractivity contribution is 0.0596. The molecule has 0 saturated carbocycles. The van der Waals surface area contributed by atoms with Gasteiger partial charge < -0.3 is 4.74 Å². The fraction of sp³-hybridized carbons (Fsp3) is 0.0909. The van der Waals surface area contributed by atoms with Crippen LogP contribution >= 0.6 is 0 Å². The lowest BCUT2D eigenvalue weighted by Crippen LogP contribution is -2.40. The van der Waals surface area contributed by atoms with E-state index in [0.717, 1.165) is 11.1 Å². The van der Waals surface area contributed by atoms with Crippen molar-refractivity contribution in [2.45, 2.75) is 12.1 Å². The third kappa shape index (κ3) is 2.96. The molecule has 0 fully saturated rings. The van der Waals surface area contributed by atoms with E-state index in [1.165, 1.54) is 0 Å². The van der Waals surface area contributed by atoms with Gasteiger partial charge in [-0.15, -0.1) is 0 Å². The van der Waals surface area contributed by atoms with Crippen LogP contribution in [0.1, 0.15) is 21.5 Å². The fourth-order valence-electron chi connectivity index (χ4n) is 3.02. The number of ether oxygens (including phenoxy) is 1. The number of hydrogen-bond acceptors (Lipinski definition) is 3. The Morgan fingerprint density at radius 2 is 1.48 bits per heavy atom. The van der Waals surface area contributed by atoms with E-state index in [1.54, 1.807) is 12.3 Å². The van der Waals surface area contributed by atoms with E-state index in [0.29, 0.717) is 17.7 Å². The normalized spacial score (nSPS) is 19.0. The van der Waals surface area contributed by atoms with Gasteiger partial charge in [-0.3, -0.25) is 4.79 Å². The molecule has 3 heteroatoms. The Balaban J connectivity index is 1.74. The number of carbonyl (C=O) groups excluding carboxylic acids is 1. The van der Waals surface area contributed by atoms with Crippen LogP contribution in [0.5, 0.6) is 5.75 Å². The summed E-state index contributed by atoms with van der Waals surface area (Å²) >= 11 is 0. The van der Waals surface area contributed by atoms with Gasteiger partial charge in [0.05, 0.1) is 5.56 Å². The number of para-hydroxylation sites is 1. The molecular formula is C22H17NO2. The summed E-state index contributed by atoms with van der Waals surface area (Å²) in [6, 6.07) is 26.9. The van der Waals surface area contributed by atoms with Crippen LogP contribution in [0.3, 0.4) is 0 Å². The van der Waals surface area contributed by atoms with Crippen LogP contribution in [0.25, 0.3) is 0 Å². The average Bonchev–Trinajstić information content (AvgIpc) is 2.94. The van der Waals surface area contributed by atoms with Crippen molar-refractivity contribution in [2.24, 2.45) is 4.99 Å². The van der Waals surface area contributed by atoms with Gasteiger partial charge in [0, 0.05) is 12.6 Å². The second kappa shape index (κ2) is 6.36. The Morgan fingerprint density at radius 1 is 0.840 bits per heavy atom. The monoisotopic (exact) mass is 327 g/mol. The molecule has 122 valence electrons. The van der Waals surface area contributed by atoms with Crippen molar-refractivity contribution in [3.05, 3.63) is 102 Å². The van der Waals surface area contributed by atoms with Gasteiger partial charge in [0.1, 0.15) is 5.75 Å². The second-order valence-electron chi connectivity index (χ2n) is 6.04. The third-order valence-electron chi connectivity index (χ3n) is 4.27. The highest BCUT2D eigenvalue weighted by Crippen LogP contribution is 2.37. The molecule has 25 heavy (non-hydrogen) atoms. The van der Waals surface area contributed by atoms with Gasteiger partial charge in [0.2, 0.25) is 5.78 Å². The van der Waals surface area contributed by atoms with Crippen LogP contribution in [-0.4, -0.2) is 17.7 Å². The standard InChI is InChI=1S/C22H17NO2/c24-21-19-13-7-8-14-20(19)25-22(21,15-17-9-3-1-4-10-17)23-16-18-11-5-2-6-12-18/h1-14,16H,15H2/b23-16+. The summed E-state index contributed by atoms with van der Waals surface area (Å²) in [5, 5.41) is 0. The molecule has 4 rings (SSSR count). The highest BCUT2D eigenvalue weighted by molar-refractivity contribution is 6.08. The molecule has 0 aliphatic carbocycles. The van der Waals surface area contributed by atoms with Gasteiger partial charge in [-0.2, -0.15) is 0 Å². The molecule has 1 aliphatic rings. The first-order chi connectivity index (χ1) is 12.3. The molecule has 3 aromatic rings. The van der Waals surface area contributed by atoms with E-state index in [-0.39, 0.29) is 5.78 Å². The van der Waals surface area contributed by atoms with E-state index >= 15 is 0 Å². The van der Waals surface area contributed by atoms with E-state index in [2.05, 4.69) is 4.99 Å². The molecule has 3 aromatic carbocycles. The SMILES string of the molecule is O=C1c2ccccc2OC1(Cc1ccccc1)/N=C/c1ccccc1. The summed E-state index contributed by atoms with van der Waals surface area (Å²) in [5.41, 5.74) is 1.28. The minimum Gasteiger partial charge on any atom is -0.457 e. The van der Waals surface area contributed by atoms with Crippen LogP contribution in [-0.2, 0) is 6.42 Å². The summed E-state index contributed by atoms with van der Waals surface area (Å²) in [7, 11) is 0. The molecule has 0 spiro atoms. The number of hydrogen-bond donors (Lipinski definition) is 0. The summed E-state index contributed by atoms with van der Waals surface area (Å²) in [4.78, 5) is 17.7. The van der Waals surface area contributed by atoms with Gasteiger partial charge in [-0.1, -0.05) is 72.8 Å². The first-order valence-corrected chi connectivity index (χ1v) is 8.24. The second-order valence-corrected chi connectivity index (χ2v) is 6.04. The number of benzene rings is 3. The van der Waals surface area contributed by atoms with Crippen molar-refractivity contribution in [1.82, 2.24) is 0 Å². The van der Waals surface area contributed by atoms with Crippen LogP contribution in [0.4, 0.5) is 0 Å². The first kappa shape index (κ1) is 15.3. The van der Waals surface area contributed by atoms with Crippen LogP contribution in [0.15, 0.2) is 89.9 Å². The van der Waals surface area contributed by atoms with Gasteiger partial charge in [0.15, 0.2) is 0 Å². The zero-order valence-electron chi connectivity index (χ0n) is 13.6. The lowest BCUT2D eigenvalue weighted by atomic mass is 9.96. The number of aliphatic imine (C=N–C) groups is 1. The van der Waals surface area contributed by atoms with E-state index < -0.39 is 5.72 Å². The number of nitrogens with zero attached hydrogens (tertiary/aromatic N) is 1. The highest BCUT2D eigenvalue weighted by Gasteiger charge is 2.47. The predicted molar refractivity (Wildman–Crippen MR) is 98.3 cm³/mol. The topological polar surface area (TPSA) is 38.7 Å². The number of fused-ring (bicyclic) bond motifs is 1. The maximum Gasteiger partial charge on any atom is 0.267 e. The Kier molecular flexibility index (Phi) is 3.90. The third-order valence-corrected chi connectivity index (χ3v) is 4.27. The quantitative estimate of drug-likeness (QED) is 0.669. The summed E-state index contributed by atoms with van der Waals surface area (Å²) in [5.74, 6) is 0.493. The number of ketones is 1. The van der Waals surface area contributed by atoms with Crippen LogP contribution < -0.4 is 4.74 Å². The fourth-order valence-corrected chi connectivity index (χ4v) is 3.02. The molecule has 1 unspecified atom stereocenters. The van der Waals surface area contributed by atoms with Gasteiger partial charge in [-0.05, 0) is 23.3 Å². The number of rotatable bonds is 4. The molecule has 1 atom stereocenters. The van der Waals surface area contributed by atoms with Crippen molar-refractivity contribution >= 4 is 12.0 Å². The van der Waals surface area contributed by atoms with Gasteiger partial charge >= 0.3 is 0 Å². The lowest BCUT2D eigenvalue weighted by Gasteiger charge is -2.23. The molecule has 1 heterocycles. The van der Waals surface area contributed by atoms with E-state index in [9.17, 15) is 4.79 Å². The van der Waals surface area contributed by atoms with E-state index in [1.807, 2.05) is 78.9 Å². The summed E-state index contributed by atoms with van der Waals surface area (Å²) < 4.78 is 6.09. The largest absolute Gasteiger partial charge is 0.457 e. The number of Topliss-reactive ketones (excluding diaryl/α,β-unsaturated/α-hetero) is 1. The molecule has 3 nitrogen and oxygen atoms in total.